The molecule has 0 spiro atoms. The van der Waals surface area contributed by atoms with Gasteiger partial charge in [-0.1, -0.05) is 6.58 Å². The molecule has 3 rings (SSSR count). The number of nitriles is 1. The number of carbonyl (C=O) groups excluding carboxylic acids is 2. The summed E-state index contributed by atoms with van der Waals surface area (Å²) in [6.45, 7) is 4.42. The second-order valence-electron chi connectivity index (χ2n) is 6.29. The van der Waals surface area contributed by atoms with E-state index in [0.717, 1.165) is 5.39 Å². The lowest BCUT2D eigenvalue weighted by molar-refractivity contribution is -0.133. The number of nitrogens with zero attached hydrogens (tertiary/aromatic N) is 5. The summed E-state index contributed by atoms with van der Waals surface area (Å²) in [6, 6.07) is 3.52. The van der Waals surface area contributed by atoms with Crippen LogP contribution in [0.2, 0.25) is 0 Å². The molecule has 0 saturated carbocycles. The Balaban J connectivity index is 1.94. The van der Waals surface area contributed by atoms with E-state index in [1.54, 1.807) is 11.1 Å². The first-order valence-corrected chi connectivity index (χ1v) is 8.38. The number of carbonyl (C=O) groups is 2. The van der Waals surface area contributed by atoms with Crippen LogP contribution in [-0.4, -0.2) is 57.7 Å². The van der Waals surface area contributed by atoms with Crippen LogP contribution in [0.4, 0.5) is 5.82 Å². The van der Waals surface area contributed by atoms with E-state index in [4.69, 9.17) is 5.26 Å². The molecule has 2 aromatic rings. The Kier molecular flexibility index (Phi) is 4.98. The topological polar surface area (TPSA) is 106 Å². The van der Waals surface area contributed by atoms with Crippen LogP contribution in [0.3, 0.4) is 0 Å². The summed E-state index contributed by atoms with van der Waals surface area (Å²) in [5.74, 6) is 0.142. The summed E-state index contributed by atoms with van der Waals surface area (Å²) >= 11 is 0. The Bertz CT molecular complexity index is 883. The molecule has 26 heavy (non-hydrogen) atoms. The molecule has 0 bridgehead atoms. The molecule has 0 radical (unpaired) electrons. The van der Waals surface area contributed by atoms with Crippen LogP contribution in [0.1, 0.15) is 12.8 Å². The molecule has 8 nitrogen and oxygen atoms in total. The molecule has 1 amide bonds. The number of fused-ring (bicyclic) bond motifs is 1. The number of ketones is 1. The molecule has 1 aliphatic heterocycles. The fourth-order valence-electron chi connectivity index (χ4n) is 3.51. The number of H-pyrrole nitrogens is 1. The van der Waals surface area contributed by atoms with E-state index in [2.05, 4.69) is 21.5 Å². The fourth-order valence-corrected chi connectivity index (χ4v) is 3.51. The van der Waals surface area contributed by atoms with Crippen molar-refractivity contribution in [2.45, 2.75) is 18.9 Å². The Morgan fingerprint density at radius 2 is 2.35 bits per heavy atom. The molecule has 0 aromatic carbocycles. The molecular formula is C18H20N6O2. The summed E-state index contributed by atoms with van der Waals surface area (Å²) in [7, 11) is 1.86. The number of allylic oxidation sites excluding steroid dienone is 1. The Hall–Kier alpha value is -3.21. The minimum atomic E-state index is -0.285. The van der Waals surface area contributed by atoms with Gasteiger partial charge in [-0.05, 0) is 18.6 Å². The van der Waals surface area contributed by atoms with E-state index in [-0.39, 0.29) is 30.1 Å². The number of likely N-dealkylation sites (tertiary alicyclic amines) is 1. The summed E-state index contributed by atoms with van der Waals surface area (Å²) in [6.07, 6.45) is 4.96. The van der Waals surface area contributed by atoms with Crippen LogP contribution in [0.15, 0.2) is 31.2 Å². The Morgan fingerprint density at radius 3 is 3.08 bits per heavy atom. The summed E-state index contributed by atoms with van der Waals surface area (Å²) in [4.78, 5) is 39.7. The van der Waals surface area contributed by atoms with Crippen LogP contribution in [0.25, 0.3) is 11.0 Å². The summed E-state index contributed by atoms with van der Waals surface area (Å²) < 4.78 is 0. The van der Waals surface area contributed by atoms with Crippen molar-refractivity contribution in [1.82, 2.24) is 19.9 Å². The van der Waals surface area contributed by atoms with E-state index < -0.39 is 0 Å². The first-order chi connectivity index (χ1) is 12.6. The van der Waals surface area contributed by atoms with Gasteiger partial charge in [0.25, 0.3) is 0 Å². The lowest BCUT2D eigenvalue weighted by Gasteiger charge is -2.42. The molecule has 3 heterocycles. The molecule has 1 aliphatic rings. The van der Waals surface area contributed by atoms with Gasteiger partial charge < -0.3 is 14.8 Å². The van der Waals surface area contributed by atoms with Crippen LogP contribution in [-0.2, 0) is 9.59 Å². The number of piperidine rings is 1. The third kappa shape index (κ3) is 3.16. The van der Waals surface area contributed by atoms with Crippen molar-refractivity contribution < 1.29 is 9.59 Å². The van der Waals surface area contributed by atoms with Crippen molar-refractivity contribution >= 4 is 28.5 Å². The maximum Gasteiger partial charge on any atom is 0.236 e. The predicted molar refractivity (Wildman–Crippen MR) is 96.2 cm³/mol. The normalized spacial score (nSPS) is 19.8. The highest BCUT2D eigenvalue weighted by molar-refractivity contribution is 5.93. The van der Waals surface area contributed by atoms with Gasteiger partial charge in [-0.25, -0.2) is 9.97 Å². The summed E-state index contributed by atoms with van der Waals surface area (Å²) in [5.41, 5.74) is 0.710. The number of hydrogen-bond acceptors (Lipinski definition) is 6. The highest BCUT2D eigenvalue weighted by atomic mass is 16.2. The number of rotatable bonds is 5. The van der Waals surface area contributed by atoms with Crippen LogP contribution in [0.5, 0.6) is 0 Å². The molecule has 1 N–H and O–H groups in total. The van der Waals surface area contributed by atoms with Gasteiger partial charge in [0.1, 0.15) is 24.2 Å². The van der Waals surface area contributed by atoms with Crippen molar-refractivity contribution in [3.05, 3.63) is 31.2 Å². The number of nitrogens with one attached hydrogen (secondary N) is 1. The average Bonchev–Trinajstić information content (AvgIpc) is 3.15. The molecule has 2 unspecified atom stereocenters. The molecule has 2 atom stereocenters. The second-order valence-corrected chi connectivity index (χ2v) is 6.29. The van der Waals surface area contributed by atoms with E-state index >= 15 is 0 Å². The first-order valence-electron chi connectivity index (χ1n) is 8.38. The van der Waals surface area contributed by atoms with Gasteiger partial charge in [-0.15, -0.1) is 0 Å². The van der Waals surface area contributed by atoms with Crippen molar-refractivity contribution in [3.8, 4) is 6.07 Å². The maximum atomic E-state index is 12.4. The standard InChI is InChI=1S/C18H20N6O2/c1-3-15(25)12-6-9-24(16(26)4-7-19)10-14(12)23(2)18-13-5-8-20-17(13)21-11-22-18/h3,5,8,11-12,14H,1,4,6,9-10H2,2H3,(H,20,21,22). The molecule has 1 fully saturated rings. The maximum absolute atomic E-state index is 12.4. The van der Waals surface area contributed by atoms with Crippen molar-refractivity contribution in [1.29, 1.82) is 5.26 Å². The fraction of sp³-hybridized carbons (Fsp3) is 0.389. The average molecular weight is 352 g/mol. The Labute approximate surface area is 151 Å². The highest BCUT2D eigenvalue weighted by Crippen LogP contribution is 2.29. The van der Waals surface area contributed by atoms with Crippen LogP contribution in [0, 0.1) is 17.2 Å². The smallest absolute Gasteiger partial charge is 0.236 e. The van der Waals surface area contributed by atoms with Gasteiger partial charge in [0, 0.05) is 32.3 Å². The molecule has 8 heteroatoms. The van der Waals surface area contributed by atoms with Gasteiger partial charge in [0.2, 0.25) is 5.91 Å². The zero-order valence-corrected chi connectivity index (χ0v) is 14.6. The number of anilines is 1. The van der Waals surface area contributed by atoms with Crippen LogP contribution >= 0.6 is 0 Å². The van der Waals surface area contributed by atoms with Gasteiger partial charge in [-0.3, -0.25) is 9.59 Å². The van der Waals surface area contributed by atoms with Gasteiger partial charge in [-0.2, -0.15) is 5.26 Å². The second kappa shape index (κ2) is 7.35. The van der Waals surface area contributed by atoms with E-state index in [1.807, 2.05) is 24.1 Å². The number of aromatic amines is 1. The minimum absolute atomic E-state index is 0.0476. The lowest BCUT2D eigenvalue weighted by Crippen LogP contribution is -2.55. The minimum Gasteiger partial charge on any atom is -0.354 e. The van der Waals surface area contributed by atoms with Crippen molar-refractivity contribution in [2.75, 3.05) is 25.0 Å². The molecule has 2 aromatic heterocycles. The van der Waals surface area contributed by atoms with Crippen molar-refractivity contribution in [2.24, 2.45) is 5.92 Å². The third-order valence-electron chi connectivity index (χ3n) is 4.90. The predicted octanol–water partition coefficient (Wildman–Crippen LogP) is 1.28. The monoisotopic (exact) mass is 352 g/mol. The van der Waals surface area contributed by atoms with E-state index in [9.17, 15) is 9.59 Å². The van der Waals surface area contributed by atoms with Crippen molar-refractivity contribution in [3.63, 3.8) is 0 Å². The molecule has 0 aliphatic carbocycles. The van der Waals surface area contributed by atoms with Crippen LogP contribution < -0.4 is 4.90 Å². The number of aromatic nitrogens is 3. The van der Waals surface area contributed by atoms with Gasteiger partial charge >= 0.3 is 0 Å². The largest absolute Gasteiger partial charge is 0.354 e. The van der Waals surface area contributed by atoms with E-state index in [1.165, 1.54) is 12.4 Å². The number of hydrogen-bond donors (Lipinski definition) is 1. The molecule has 1 saturated heterocycles. The Morgan fingerprint density at radius 1 is 1.54 bits per heavy atom. The SMILES string of the molecule is C=CC(=O)C1CCN(C(=O)CC#N)CC1N(C)c1ncnc2[nH]ccc12. The van der Waals surface area contributed by atoms with E-state index in [0.29, 0.717) is 31.0 Å². The lowest BCUT2D eigenvalue weighted by atomic mass is 9.86. The highest BCUT2D eigenvalue weighted by Gasteiger charge is 2.37. The summed E-state index contributed by atoms with van der Waals surface area (Å²) in [5, 5.41) is 9.65. The zero-order valence-electron chi connectivity index (χ0n) is 14.6. The first kappa shape index (κ1) is 17.6. The number of likely N-dealkylation sites (N-methyl/N-ethyl adjacent to an activating group) is 1. The number of amides is 1. The van der Waals surface area contributed by atoms with Gasteiger partial charge in [0.05, 0.1) is 17.5 Å². The molecule has 134 valence electrons. The van der Waals surface area contributed by atoms with Gasteiger partial charge in [0.15, 0.2) is 5.78 Å². The third-order valence-corrected chi connectivity index (χ3v) is 4.90. The zero-order chi connectivity index (χ0) is 18.7. The quantitative estimate of drug-likeness (QED) is 0.813. The molecular weight excluding hydrogens is 332 g/mol.